The van der Waals surface area contributed by atoms with Gasteiger partial charge in [-0.3, -0.25) is 5.10 Å². The fraction of sp³-hybridized carbons (Fsp3) is 0.150. The van der Waals surface area contributed by atoms with Crippen LogP contribution in [0.3, 0.4) is 0 Å². The number of thioether (sulfide) groups is 1. The topological polar surface area (TPSA) is 88.1 Å². The molecule has 1 aromatic heterocycles. The summed E-state index contributed by atoms with van der Waals surface area (Å²) in [5.41, 5.74) is 2.87. The summed E-state index contributed by atoms with van der Waals surface area (Å²) in [6, 6.07) is 13.6. The summed E-state index contributed by atoms with van der Waals surface area (Å²) in [5.74, 6) is 0.156. The van der Waals surface area contributed by atoms with E-state index in [1.54, 1.807) is 13.0 Å². The van der Waals surface area contributed by atoms with Crippen molar-refractivity contribution < 1.29 is 14.6 Å². The predicted octanol–water partition coefficient (Wildman–Crippen LogP) is 4.98. The maximum absolute atomic E-state index is 11.7. The van der Waals surface area contributed by atoms with Crippen molar-refractivity contribution in [2.45, 2.75) is 25.6 Å². The molecule has 1 heterocycles. The summed E-state index contributed by atoms with van der Waals surface area (Å²) in [5, 5.41) is 16.6. The molecule has 144 valence electrons. The Morgan fingerprint density at radius 1 is 1.25 bits per heavy atom. The number of carboxylic acids is 1. The number of carboxylic acid groups (broad SMARTS) is 1. The van der Waals surface area contributed by atoms with Crippen molar-refractivity contribution in [3.63, 3.8) is 0 Å². The van der Waals surface area contributed by atoms with Crippen molar-refractivity contribution in [1.82, 2.24) is 15.2 Å². The highest BCUT2D eigenvalue weighted by Crippen LogP contribution is 2.31. The number of nitrogens with zero attached hydrogens (tertiary/aromatic N) is 2. The first-order valence-electron chi connectivity index (χ1n) is 8.40. The molecule has 0 aliphatic rings. The van der Waals surface area contributed by atoms with Crippen LogP contribution in [0, 0.1) is 13.8 Å². The van der Waals surface area contributed by atoms with Gasteiger partial charge in [-0.1, -0.05) is 45.8 Å². The number of aryl methyl sites for hydroxylation is 2. The standard InChI is InChI=1S/C20H18BrN3O3S/c1-12-3-5-14(6-4-12)11-27-17-8-7-16(21)9-15(17)10-18(19(25)26)28-20-22-13(2)23-24-20/h3-10H,11H2,1-2H3,(H,25,26)(H,22,23,24)/b18-10-. The van der Waals surface area contributed by atoms with Crippen LogP contribution in [0.15, 0.2) is 57.0 Å². The number of H-pyrrole nitrogens is 1. The van der Waals surface area contributed by atoms with Crippen molar-refractivity contribution >= 4 is 39.7 Å². The third kappa shape index (κ3) is 5.46. The highest BCUT2D eigenvalue weighted by molar-refractivity contribution is 9.10. The predicted molar refractivity (Wildman–Crippen MR) is 112 cm³/mol. The third-order valence-corrected chi connectivity index (χ3v) is 5.13. The second-order valence-corrected chi connectivity index (χ2v) is 8.00. The first-order valence-corrected chi connectivity index (χ1v) is 10.0. The maximum Gasteiger partial charge on any atom is 0.342 e. The van der Waals surface area contributed by atoms with E-state index in [9.17, 15) is 9.90 Å². The zero-order valence-electron chi connectivity index (χ0n) is 15.3. The molecule has 0 atom stereocenters. The van der Waals surface area contributed by atoms with Crippen molar-refractivity contribution in [2.24, 2.45) is 0 Å². The zero-order chi connectivity index (χ0) is 20.1. The van der Waals surface area contributed by atoms with Gasteiger partial charge in [-0.25, -0.2) is 9.78 Å². The van der Waals surface area contributed by atoms with Crippen molar-refractivity contribution in [1.29, 1.82) is 0 Å². The molecule has 0 fully saturated rings. The van der Waals surface area contributed by atoms with Gasteiger partial charge < -0.3 is 9.84 Å². The second-order valence-electron chi connectivity index (χ2n) is 6.08. The Morgan fingerprint density at radius 3 is 2.64 bits per heavy atom. The molecule has 0 spiro atoms. The summed E-state index contributed by atoms with van der Waals surface area (Å²) in [7, 11) is 0. The van der Waals surface area contributed by atoms with Gasteiger partial charge in [0.2, 0.25) is 5.16 Å². The van der Waals surface area contributed by atoms with Crippen LogP contribution in [0.4, 0.5) is 0 Å². The maximum atomic E-state index is 11.7. The lowest BCUT2D eigenvalue weighted by Gasteiger charge is -2.11. The molecule has 0 amide bonds. The van der Waals surface area contributed by atoms with Crippen LogP contribution in [0.2, 0.25) is 0 Å². The van der Waals surface area contributed by atoms with Gasteiger partial charge in [0.15, 0.2) is 0 Å². The zero-order valence-corrected chi connectivity index (χ0v) is 17.7. The Hall–Kier alpha value is -2.58. The van der Waals surface area contributed by atoms with Crippen LogP contribution >= 0.6 is 27.7 Å². The molecule has 0 saturated carbocycles. The van der Waals surface area contributed by atoms with Gasteiger partial charge in [-0.2, -0.15) is 0 Å². The van der Waals surface area contributed by atoms with E-state index in [2.05, 4.69) is 31.1 Å². The molecule has 3 aromatic rings. The SMILES string of the molecule is Cc1ccc(COc2ccc(Br)cc2/C=C(\Sc2n[nH]c(C)n2)C(=O)O)cc1. The lowest BCUT2D eigenvalue weighted by molar-refractivity contribution is -0.131. The van der Waals surface area contributed by atoms with Crippen LogP contribution < -0.4 is 4.74 Å². The number of rotatable bonds is 7. The van der Waals surface area contributed by atoms with Gasteiger partial charge >= 0.3 is 5.97 Å². The summed E-state index contributed by atoms with van der Waals surface area (Å²) >= 11 is 4.41. The summed E-state index contributed by atoms with van der Waals surface area (Å²) in [6.07, 6.45) is 1.56. The molecule has 0 radical (unpaired) electrons. The Morgan fingerprint density at radius 2 is 2.00 bits per heavy atom. The second kappa shape index (κ2) is 9.07. The lowest BCUT2D eigenvalue weighted by Crippen LogP contribution is -2.00. The van der Waals surface area contributed by atoms with Crippen LogP contribution in [0.25, 0.3) is 6.08 Å². The molecule has 6 nitrogen and oxygen atoms in total. The Kier molecular flexibility index (Phi) is 6.53. The van der Waals surface area contributed by atoms with Gasteiger partial charge in [0, 0.05) is 10.0 Å². The Bertz CT molecular complexity index is 1020. The molecule has 8 heteroatoms. The van der Waals surface area contributed by atoms with Gasteiger partial charge in [0.1, 0.15) is 23.1 Å². The smallest absolute Gasteiger partial charge is 0.342 e. The largest absolute Gasteiger partial charge is 0.488 e. The number of aromatic amines is 1. The number of nitrogens with one attached hydrogen (secondary N) is 1. The fourth-order valence-corrected chi connectivity index (χ4v) is 3.47. The molecule has 3 rings (SSSR count). The van der Waals surface area contributed by atoms with Crippen LogP contribution in [-0.4, -0.2) is 26.3 Å². The number of hydrogen-bond acceptors (Lipinski definition) is 5. The van der Waals surface area contributed by atoms with Crippen LogP contribution in [0.5, 0.6) is 5.75 Å². The normalized spacial score (nSPS) is 11.5. The number of ether oxygens (including phenoxy) is 1. The van der Waals surface area contributed by atoms with Gasteiger partial charge in [-0.05, 0) is 55.4 Å². The summed E-state index contributed by atoms with van der Waals surface area (Å²) in [6.45, 7) is 4.17. The number of aromatic nitrogens is 3. The van der Waals surface area contributed by atoms with Crippen molar-refractivity contribution in [3.05, 3.63) is 74.4 Å². The average Bonchev–Trinajstić information content (AvgIpc) is 3.06. The molecule has 0 aliphatic heterocycles. The molecule has 2 N–H and O–H groups in total. The summed E-state index contributed by atoms with van der Waals surface area (Å²) < 4.78 is 6.77. The minimum Gasteiger partial charge on any atom is -0.488 e. The summed E-state index contributed by atoms with van der Waals surface area (Å²) in [4.78, 5) is 16.0. The first-order chi connectivity index (χ1) is 13.4. The van der Waals surface area contributed by atoms with Crippen LogP contribution in [-0.2, 0) is 11.4 Å². The lowest BCUT2D eigenvalue weighted by atomic mass is 10.1. The van der Waals surface area contributed by atoms with Crippen molar-refractivity contribution in [2.75, 3.05) is 0 Å². The fourth-order valence-electron chi connectivity index (χ4n) is 2.35. The van der Waals surface area contributed by atoms with Gasteiger partial charge in [0.05, 0.1) is 0 Å². The third-order valence-electron chi connectivity index (χ3n) is 3.76. The van der Waals surface area contributed by atoms with Crippen LogP contribution in [0.1, 0.15) is 22.5 Å². The molecular formula is C20H18BrN3O3S. The molecule has 0 unspecified atom stereocenters. The molecule has 2 aromatic carbocycles. The van der Waals surface area contributed by atoms with Gasteiger partial charge in [0.25, 0.3) is 0 Å². The number of benzene rings is 2. The van der Waals surface area contributed by atoms with E-state index in [0.29, 0.717) is 28.9 Å². The number of carbonyl (C=O) groups is 1. The molecule has 0 bridgehead atoms. The molecule has 0 aliphatic carbocycles. The Balaban J connectivity index is 1.86. The molecule has 0 saturated heterocycles. The number of aliphatic carboxylic acids is 1. The van der Waals surface area contributed by atoms with E-state index in [1.165, 1.54) is 5.56 Å². The highest BCUT2D eigenvalue weighted by Gasteiger charge is 2.15. The van der Waals surface area contributed by atoms with E-state index >= 15 is 0 Å². The minimum atomic E-state index is -1.06. The quantitative estimate of drug-likeness (QED) is 0.382. The van der Waals surface area contributed by atoms with E-state index in [-0.39, 0.29) is 4.91 Å². The monoisotopic (exact) mass is 459 g/mol. The number of hydrogen-bond donors (Lipinski definition) is 2. The average molecular weight is 460 g/mol. The Labute approximate surface area is 175 Å². The van der Waals surface area contributed by atoms with E-state index in [4.69, 9.17) is 4.74 Å². The number of halogens is 1. The first kappa shape index (κ1) is 20.2. The molecular weight excluding hydrogens is 442 g/mol. The van der Waals surface area contributed by atoms with Gasteiger partial charge in [-0.15, -0.1) is 5.10 Å². The van der Waals surface area contributed by atoms with Crippen molar-refractivity contribution in [3.8, 4) is 5.75 Å². The minimum absolute atomic E-state index is 0.0947. The van der Waals surface area contributed by atoms with E-state index < -0.39 is 5.97 Å². The van der Waals surface area contributed by atoms with E-state index in [1.807, 2.05) is 49.4 Å². The van der Waals surface area contributed by atoms with E-state index in [0.717, 1.165) is 21.8 Å². The highest BCUT2D eigenvalue weighted by atomic mass is 79.9. The molecule has 28 heavy (non-hydrogen) atoms.